The van der Waals surface area contributed by atoms with Gasteiger partial charge in [-0.2, -0.15) is 13.2 Å². The Morgan fingerprint density at radius 2 is 1.89 bits per heavy atom. The number of hydrogen-bond donors (Lipinski definition) is 3. The van der Waals surface area contributed by atoms with Gasteiger partial charge in [-0.3, -0.25) is 0 Å². The number of imidazole rings is 1. The third-order valence-electron chi connectivity index (χ3n) is 5.93. The normalized spacial score (nSPS) is 18.5. The SMILES string of the molecule is CC(C)n1c(C(C)(C)O)nc2c(F)cc(-c3nc(N)ncc3Cl)cc21.OC1CCCC(OCC(F)(F)F)C1. The molecule has 1 aliphatic carbocycles. The van der Waals surface area contributed by atoms with Crippen LogP contribution in [0.5, 0.6) is 0 Å². The van der Waals surface area contributed by atoms with E-state index in [1.165, 1.54) is 12.3 Å². The van der Waals surface area contributed by atoms with Gasteiger partial charge in [-0.1, -0.05) is 11.6 Å². The number of halogens is 5. The van der Waals surface area contributed by atoms with E-state index in [2.05, 4.69) is 19.7 Å². The van der Waals surface area contributed by atoms with Gasteiger partial charge in [0.25, 0.3) is 0 Å². The smallest absolute Gasteiger partial charge is 0.393 e. The van der Waals surface area contributed by atoms with Gasteiger partial charge in [0.05, 0.1) is 34.6 Å². The molecule has 13 heteroatoms. The van der Waals surface area contributed by atoms with Crippen LogP contribution in [0.3, 0.4) is 0 Å². The number of hydrogen-bond acceptors (Lipinski definition) is 7. The molecule has 0 aliphatic heterocycles. The maximum Gasteiger partial charge on any atom is 0.411 e. The third-order valence-corrected chi connectivity index (χ3v) is 6.21. The van der Waals surface area contributed by atoms with Crippen LogP contribution in [-0.2, 0) is 10.3 Å². The quantitative estimate of drug-likeness (QED) is 0.350. The molecule has 4 rings (SSSR count). The van der Waals surface area contributed by atoms with Crippen molar-refractivity contribution in [3.05, 3.63) is 35.0 Å². The van der Waals surface area contributed by atoms with Crippen LogP contribution in [0.25, 0.3) is 22.3 Å². The van der Waals surface area contributed by atoms with Crippen LogP contribution in [0, 0.1) is 5.82 Å². The fraction of sp³-hybridized carbons (Fsp3) is 0.560. The molecule has 3 aromatic rings. The summed E-state index contributed by atoms with van der Waals surface area (Å²) in [7, 11) is 0. The first-order valence-electron chi connectivity index (χ1n) is 12.2. The van der Waals surface area contributed by atoms with E-state index in [-0.39, 0.29) is 22.5 Å². The summed E-state index contributed by atoms with van der Waals surface area (Å²) >= 11 is 6.15. The molecule has 2 aromatic heterocycles. The average Bonchev–Trinajstić information content (AvgIpc) is 3.21. The Kier molecular flexibility index (Phi) is 9.23. The first-order chi connectivity index (χ1) is 17.6. The van der Waals surface area contributed by atoms with E-state index in [0.717, 1.165) is 6.42 Å². The van der Waals surface area contributed by atoms with Crippen LogP contribution < -0.4 is 5.73 Å². The molecular weight excluding hydrogens is 530 g/mol. The Balaban J connectivity index is 0.000000260. The fourth-order valence-electron chi connectivity index (χ4n) is 4.31. The molecule has 1 aliphatic rings. The first kappa shape index (κ1) is 30.0. The van der Waals surface area contributed by atoms with Crippen LogP contribution >= 0.6 is 11.6 Å². The van der Waals surface area contributed by atoms with Crippen molar-refractivity contribution >= 4 is 28.6 Å². The Hall–Kier alpha value is -2.54. The zero-order chi connectivity index (χ0) is 28.4. The van der Waals surface area contributed by atoms with Crippen molar-refractivity contribution in [1.29, 1.82) is 0 Å². The number of nitrogens with two attached hydrogens (primary N) is 1. The molecule has 1 saturated carbocycles. The summed E-state index contributed by atoms with van der Waals surface area (Å²) in [5, 5.41) is 19.8. The second kappa shape index (κ2) is 11.7. The minimum absolute atomic E-state index is 0.0352. The number of ether oxygens (including phenoxy) is 1. The molecule has 1 aromatic carbocycles. The van der Waals surface area contributed by atoms with Gasteiger partial charge in [-0.15, -0.1) is 0 Å². The predicted octanol–water partition coefficient (Wildman–Crippen LogP) is 5.55. The van der Waals surface area contributed by atoms with Crippen molar-refractivity contribution < 1.29 is 32.5 Å². The van der Waals surface area contributed by atoms with Crippen LogP contribution in [0.2, 0.25) is 5.02 Å². The highest BCUT2D eigenvalue weighted by molar-refractivity contribution is 6.33. The summed E-state index contributed by atoms with van der Waals surface area (Å²) in [5.74, 6) is -0.0815. The Labute approximate surface area is 222 Å². The lowest BCUT2D eigenvalue weighted by Crippen LogP contribution is -2.29. The molecule has 1 fully saturated rings. The molecule has 210 valence electrons. The number of nitrogen functional groups attached to an aromatic ring is 1. The zero-order valence-corrected chi connectivity index (χ0v) is 22.3. The molecule has 8 nitrogen and oxygen atoms in total. The summed E-state index contributed by atoms with van der Waals surface area (Å²) in [6, 6.07) is 3.02. The van der Waals surface area contributed by atoms with E-state index >= 15 is 0 Å². The van der Waals surface area contributed by atoms with E-state index in [1.807, 2.05) is 13.8 Å². The van der Waals surface area contributed by atoms with Crippen molar-refractivity contribution in [2.45, 2.75) is 83.4 Å². The van der Waals surface area contributed by atoms with Crippen molar-refractivity contribution in [2.75, 3.05) is 12.3 Å². The molecule has 0 radical (unpaired) electrons. The standard InChI is InChI=1S/C17H19ClFN5O.C8H13F3O2/c1-8(2)24-12-6-9(13-10(18)7-21-16(20)23-13)5-11(19)14(12)22-15(24)17(3,4)25;9-8(10,11)5-13-7-3-1-2-6(12)4-7/h5-8,25H,1-4H3,(H2,20,21,23);6-7,12H,1-5H2. The Morgan fingerprint density at radius 1 is 1.21 bits per heavy atom. The molecule has 0 bridgehead atoms. The summed E-state index contributed by atoms with van der Waals surface area (Å²) in [6.07, 6.45) is -1.44. The van der Waals surface area contributed by atoms with Gasteiger partial charge < -0.3 is 25.3 Å². The molecule has 4 N–H and O–H groups in total. The average molecular weight is 562 g/mol. The largest absolute Gasteiger partial charge is 0.411 e. The fourth-order valence-corrected chi connectivity index (χ4v) is 4.51. The second-order valence-electron chi connectivity index (χ2n) is 10.1. The number of rotatable bonds is 5. The molecule has 38 heavy (non-hydrogen) atoms. The van der Waals surface area contributed by atoms with E-state index < -0.39 is 36.4 Å². The van der Waals surface area contributed by atoms with Gasteiger partial charge in [0.1, 0.15) is 23.5 Å². The van der Waals surface area contributed by atoms with E-state index in [9.17, 15) is 22.7 Å². The monoisotopic (exact) mass is 561 g/mol. The van der Waals surface area contributed by atoms with Crippen molar-refractivity contribution in [1.82, 2.24) is 19.5 Å². The van der Waals surface area contributed by atoms with Crippen molar-refractivity contribution in [3.63, 3.8) is 0 Å². The molecule has 2 unspecified atom stereocenters. The topological polar surface area (TPSA) is 119 Å². The lowest BCUT2D eigenvalue weighted by Gasteiger charge is -2.26. The van der Waals surface area contributed by atoms with Crippen molar-refractivity contribution in [3.8, 4) is 11.3 Å². The number of benzene rings is 1. The zero-order valence-electron chi connectivity index (χ0n) is 21.6. The number of fused-ring (bicyclic) bond motifs is 1. The Bertz CT molecular complexity index is 1260. The van der Waals surface area contributed by atoms with Gasteiger partial charge in [-0.25, -0.2) is 19.3 Å². The first-order valence-corrected chi connectivity index (χ1v) is 12.5. The summed E-state index contributed by atoms with van der Waals surface area (Å²) in [5.41, 5.74) is 5.96. The number of aliphatic hydroxyl groups is 2. The highest BCUT2D eigenvalue weighted by Crippen LogP contribution is 2.34. The number of nitrogens with zero attached hydrogens (tertiary/aromatic N) is 4. The summed E-state index contributed by atoms with van der Waals surface area (Å²) in [6.45, 7) is 5.92. The maximum atomic E-state index is 14.7. The molecule has 2 heterocycles. The third kappa shape index (κ3) is 7.52. The highest BCUT2D eigenvalue weighted by atomic mass is 35.5. The Morgan fingerprint density at radius 3 is 2.47 bits per heavy atom. The summed E-state index contributed by atoms with van der Waals surface area (Å²) < 4.78 is 56.3. The van der Waals surface area contributed by atoms with Gasteiger partial charge in [0, 0.05) is 11.6 Å². The van der Waals surface area contributed by atoms with Gasteiger partial charge >= 0.3 is 6.18 Å². The lowest BCUT2D eigenvalue weighted by molar-refractivity contribution is -0.190. The minimum Gasteiger partial charge on any atom is -0.393 e. The molecule has 0 saturated heterocycles. The van der Waals surface area contributed by atoms with E-state index in [0.29, 0.717) is 41.9 Å². The van der Waals surface area contributed by atoms with E-state index in [1.54, 1.807) is 24.5 Å². The number of aromatic nitrogens is 4. The van der Waals surface area contributed by atoms with Crippen molar-refractivity contribution in [2.24, 2.45) is 0 Å². The second-order valence-corrected chi connectivity index (χ2v) is 10.5. The maximum absolute atomic E-state index is 14.7. The van der Waals surface area contributed by atoms with Crippen LogP contribution in [0.15, 0.2) is 18.3 Å². The van der Waals surface area contributed by atoms with Gasteiger partial charge in [0.2, 0.25) is 5.95 Å². The van der Waals surface area contributed by atoms with E-state index in [4.69, 9.17) is 22.4 Å². The lowest BCUT2D eigenvalue weighted by atomic mass is 9.95. The predicted molar refractivity (Wildman–Crippen MR) is 136 cm³/mol. The molecule has 0 spiro atoms. The molecule has 2 atom stereocenters. The molecular formula is C25H32ClF4N5O3. The highest BCUT2D eigenvalue weighted by Gasteiger charge is 2.31. The van der Waals surface area contributed by atoms with Gasteiger partial charge in [-0.05, 0) is 65.5 Å². The number of alkyl halides is 3. The minimum atomic E-state index is -4.26. The summed E-state index contributed by atoms with van der Waals surface area (Å²) in [4.78, 5) is 12.3. The number of anilines is 1. The molecule has 0 amide bonds. The number of aliphatic hydroxyl groups excluding tert-OH is 1. The van der Waals surface area contributed by atoms with Crippen LogP contribution in [0.1, 0.15) is 65.2 Å². The van der Waals surface area contributed by atoms with Crippen LogP contribution in [-0.4, -0.2) is 54.7 Å². The van der Waals surface area contributed by atoms with Crippen LogP contribution in [0.4, 0.5) is 23.5 Å². The van der Waals surface area contributed by atoms with Gasteiger partial charge in [0.15, 0.2) is 5.82 Å².